The van der Waals surface area contributed by atoms with Gasteiger partial charge in [-0.15, -0.1) is 0 Å². The Morgan fingerprint density at radius 3 is 2.51 bits per heavy atom. The smallest absolute Gasteiger partial charge is 0.230 e. The topological polar surface area (TPSA) is 107 Å². The van der Waals surface area contributed by atoms with Crippen molar-refractivity contribution in [2.45, 2.75) is 44.6 Å². The molecule has 186 valence electrons. The van der Waals surface area contributed by atoms with Gasteiger partial charge in [-0.2, -0.15) is 4.98 Å². The van der Waals surface area contributed by atoms with E-state index in [-0.39, 0.29) is 12.6 Å². The van der Waals surface area contributed by atoms with Gasteiger partial charge in [-0.3, -0.25) is 0 Å². The molecule has 1 aliphatic heterocycles. The standard InChI is InChI=1S/C25H32N6O4/c1-33-20-11-17(12-21(34-2)23(20)35-3)30-13-22(26-15-30)28-25-27-19-9-5-4-8-18(19)24(29-25)31-10-6-7-16(31)14-32/h11-13,15-16,32H,4-10,14H2,1-3H3,(H,27,28,29). The third-order valence-electron chi connectivity index (χ3n) is 6.79. The van der Waals surface area contributed by atoms with Crippen LogP contribution < -0.4 is 24.4 Å². The highest BCUT2D eigenvalue weighted by Crippen LogP contribution is 2.39. The zero-order chi connectivity index (χ0) is 24.4. The number of fused-ring (bicyclic) bond motifs is 1. The number of aliphatic hydroxyl groups excluding tert-OH is 1. The van der Waals surface area contributed by atoms with Crippen LogP contribution >= 0.6 is 0 Å². The first kappa shape index (κ1) is 23.2. The molecule has 2 aliphatic rings. The lowest BCUT2D eigenvalue weighted by Crippen LogP contribution is -2.34. The van der Waals surface area contributed by atoms with Gasteiger partial charge in [0.2, 0.25) is 11.7 Å². The second kappa shape index (κ2) is 9.99. The van der Waals surface area contributed by atoms with E-state index in [0.717, 1.165) is 62.3 Å². The molecule has 35 heavy (non-hydrogen) atoms. The van der Waals surface area contributed by atoms with Gasteiger partial charge in [0.25, 0.3) is 0 Å². The van der Waals surface area contributed by atoms with Crippen molar-refractivity contribution in [2.24, 2.45) is 0 Å². The number of aromatic nitrogens is 4. The molecule has 2 aromatic heterocycles. The molecule has 1 saturated heterocycles. The molecule has 10 nitrogen and oxygen atoms in total. The third-order valence-corrected chi connectivity index (χ3v) is 6.79. The first-order valence-corrected chi connectivity index (χ1v) is 12.0. The number of methoxy groups -OCH3 is 3. The van der Waals surface area contributed by atoms with Gasteiger partial charge >= 0.3 is 0 Å². The molecular formula is C25H32N6O4. The monoisotopic (exact) mass is 480 g/mol. The Morgan fingerprint density at radius 1 is 1.03 bits per heavy atom. The SMILES string of the molecule is COc1cc(-n2cnc(Nc3nc4c(c(N5CCCC5CO)n3)CCCC4)c2)cc(OC)c1OC. The van der Waals surface area contributed by atoms with E-state index in [1.165, 1.54) is 5.56 Å². The number of aryl methyl sites for hydroxylation is 1. The molecular weight excluding hydrogens is 448 g/mol. The van der Waals surface area contributed by atoms with Crippen LogP contribution in [0.15, 0.2) is 24.7 Å². The molecule has 2 N–H and O–H groups in total. The number of aliphatic hydroxyl groups is 1. The number of nitrogens with zero attached hydrogens (tertiary/aromatic N) is 5. The van der Waals surface area contributed by atoms with Crippen LogP contribution in [0, 0.1) is 0 Å². The van der Waals surface area contributed by atoms with Gasteiger partial charge in [0, 0.05) is 24.2 Å². The van der Waals surface area contributed by atoms with Crippen LogP contribution in [0.3, 0.4) is 0 Å². The lowest BCUT2D eigenvalue weighted by molar-refractivity contribution is 0.266. The van der Waals surface area contributed by atoms with Crippen molar-refractivity contribution in [1.82, 2.24) is 19.5 Å². The highest BCUT2D eigenvalue weighted by atomic mass is 16.5. The number of imidazole rings is 1. The number of hydrogen-bond donors (Lipinski definition) is 2. The Bertz CT molecular complexity index is 1170. The van der Waals surface area contributed by atoms with Gasteiger partial charge in [0.15, 0.2) is 17.3 Å². The summed E-state index contributed by atoms with van der Waals surface area (Å²) in [6.45, 7) is 1.05. The minimum atomic E-state index is 0.114. The van der Waals surface area contributed by atoms with Crippen molar-refractivity contribution in [3.05, 3.63) is 35.9 Å². The molecule has 1 aromatic carbocycles. The van der Waals surface area contributed by atoms with Crippen LogP contribution in [-0.4, -0.2) is 65.1 Å². The molecule has 0 spiro atoms. The molecule has 1 fully saturated rings. The van der Waals surface area contributed by atoms with Crippen LogP contribution in [0.25, 0.3) is 5.69 Å². The second-order valence-corrected chi connectivity index (χ2v) is 8.85. The van der Waals surface area contributed by atoms with Crippen LogP contribution in [-0.2, 0) is 12.8 Å². The highest BCUT2D eigenvalue weighted by Gasteiger charge is 2.29. The average molecular weight is 481 g/mol. The second-order valence-electron chi connectivity index (χ2n) is 8.85. The lowest BCUT2D eigenvalue weighted by atomic mass is 9.96. The summed E-state index contributed by atoms with van der Waals surface area (Å²) in [5, 5.41) is 13.2. The van der Waals surface area contributed by atoms with Crippen molar-refractivity contribution in [2.75, 3.05) is 44.7 Å². The zero-order valence-corrected chi connectivity index (χ0v) is 20.5. The quantitative estimate of drug-likeness (QED) is 0.502. The molecule has 10 heteroatoms. The Hall–Kier alpha value is -3.53. The number of hydrogen-bond acceptors (Lipinski definition) is 9. The van der Waals surface area contributed by atoms with E-state index in [1.54, 1.807) is 27.7 Å². The van der Waals surface area contributed by atoms with E-state index >= 15 is 0 Å². The molecule has 1 unspecified atom stereocenters. The van der Waals surface area contributed by atoms with Crippen molar-refractivity contribution in [3.63, 3.8) is 0 Å². The molecule has 1 atom stereocenters. The third kappa shape index (κ3) is 4.45. The van der Waals surface area contributed by atoms with Gasteiger partial charge in [0.1, 0.15) is 12.1 Å². The largest absolute Gasteiger partial charge is 0.493 e. The maximum absolute atomic E-state index is 9.89. The highest BCUT2D eigenvalue weighted by molar-refractivity contribution is 5.60. The summed E-state index contributed by atoms with van der Waals surface area (Å²) in [6, 6.07) is 3.84. The first-order valence-electron chi connectivity index (χ1n) is 12.0. The predicted octanol–water partition coefficient (Wildman–Crippen LogP) is 3.27. The van der Waals surface area contributed by atoms with E-state index < -0.39 is 0 Å². The maximum Gasteiger partial charge on any atom is 0.230 e. The predicted molar refractivity (Wildman–Crippen MR) is 133 cm³/mol. The van der Waals surface area contributed by atoms with Crippen molar-refractivity contribution < 1.29 is 19.3 Å². The summed E-state index contributed by atoms with van der Waals surface area (Å²) >= 11 is 0. The minimum absolute atomic E-state index is 0.114. The van der Waals surface area contributed by atoms with Gasteiger partial charge in [-0.25, -0.2) is 9.97 Å². The summed E-state index contributed by atoms with van der Waals surface area (Å²) in [6.07, 6.45) is 9.82. The van der Waals surface area contributed by atoms with Gasteiger partial charge in [0.05, 0.1) is 51.6 Å². The zero-order valence-electron chi connectivity index (χ0n) is 20.5. The van der Waals surface area contributed by atoms with E-state index in [9.17, 15) is 5.11 Å². The summed E-state index contributed by atoms with van der Waals surface area (Å²) in [7, 11) is 4.76. The summed E-state index contributed by atoms with van der Waals surface area (Å²) in [5.41, 5.74) is 3.14. The summed E-state index contributed by atoms with van der Waals surface area (Å²) in [4.78, 5) is 16.5. The minimum Gasteiger partial charge on any atom is -0.493 e. The van der Waals surface area contributed by atoms with Crippen molar-refractivity contribution in [1.29, 1.82) is 0 Å². The summed E-state index contributed by atoms with van der Waals surface area (Å²) < 4.78 is 18.3. The Morgan fingerprint density at radius 2 is 1.80 bits per heavy atom. The summed E-state index contributed by atoms with van der Waals surface area (Å²) in [5.74, 6) is 3.78. The fourth-order valence-electron chi connectivity index (χ4n) is 5.03. The number of nitrogens with one attached hydrogen (secondary N) is 1. The van der Waals surface area contributed by atoms with Crippen molar-refractivity contribution in [3.8, 4) is 22.9 Å². The van der Waals surface area contributed by atoms with Crippen LogP contribution in [0.5, 0.6) is 17.2 Å². The van der Waals surface area contributed by atoms with E-state index in [0.29, 0.717) is 29.0 Å². The molecule has 0 saturated carbocycles. The molecule has 5 rings (SSSR count). The number of benzene rings is 1. The van der Waals surface area contributed by atoms with Crippen LogP contribution in [0.4, 0.5) is 17.6 Å². The molecule has 0 bridgehead atoms. The maximum atomic E-state index is 9.89. The fraction of sp³-hybridized carbons (Fsp3) is 0.480. The lowest BCUT2D eigenvalue weighted by Gasteiger charge is -2.29. The first-order chi connectivity index (χ1) is 17.1. The van der Waals surface area contributed by atoms with Crippen LogP contribution in [0.2, 0.25) is 0 Å². The Balaban J connectivity index is 1.45. The van der Waals surface area contributed by atoms with Crippen molar-refractivity contribution >= 4 is 17.6 Å². The van der Waals surface area contributed by atoms with E-state index in [4.69, 9.17) is 24.2 Å². The van der Waals surface area contributed by atoms with E-state index in [1.807, 2.05) is 22.9 Å². The molecule has 1 aliphatic carbocycles. The van der Waals surface area contributed by atoms with Gasteiger partial charge in [-0.05, 0) is 38.5 Å². The van der Waals surface area contributed by atoms with Gasteiger partial charge in [-0.1, -0.05) is 0 Å². The van der Waals surface area contributed by atoms with Gasteiger partial charge < -0.3 is 34.1 Å². The fourth-order valence-corrected chi connectivity index (χ4v) is 5.03. The molecule has 0 amide bonds. The molecule has 3 aromatic rings. The number of rotatable bonds is 8. The number of anilines is 3. The Kier molecular flexibility index (Phi) is 6.63. The molecule has 3 heterocycles. The Labute approximate surface area is 204 Å². The normalized spacial score (nSPS) is 17.3. The average Bonchev–Trinajstić information content (AvgIpc) is 3.57. The molecule has 0 radical (unpaired) electrons. The number of ether oxygens (including phenoxy) is 3. The van der Waals surface area contributed by atoms with E-state index in [2.05, 4.69) is 15.2 Å². The van der Waals surface area contributed by atoms with Crippen LogP contribution in [0.1, 0.15) is 36.9 Å².